The Bertz CT molecular complexity index is 697. The standard InChI is InChI=1S/C20H24O5/c1-14(20(21)25-13-12-15-8-6-5-7-9-15)16-10-11-17(22-2)19(24-4)18(16)23-3/h5-11,14H,12-13H2,1-4H3. The molecule has 5 heteroatoms. The van der Waals surface area contributed by atoms with E-state index in [1.807, 2.05) is 30.3 Å². The van der Waals surface area contributed by atoms with Gasteiger partial charge < -0.3 is 18.9 Å². The number of methoxy groups -OCH3 is 3. The second-order valence-corrected chi connectivity index (χ2v) is 5.55. The molecule has 0 spiro atoms. The number of carbonyl (C=O) groups excluding carboxylic acids is 1. The summed E-state index contributed by atoms with van der Waals surface area (Å²) < 4.78 is 21.5. The number of esters is 1. The Kier molecular flexibility index (Phi) is 6.69. The summed E-state index contributed by atoms with van der Waals surface area (Å²) >= 11 is 0. The van der Waals surface area contributed by atoms with E-state index >= 15 is 0 Å². The molecule has 0 N–H and O–H groups in total. The fourth-order valence-electron chi connectivity index (χ4n) is 2.63. The second-order valence-electron chi connectivity index (χ2n) is 5.55. The van der Waals surface area contributed by atoms with E-state index in [1.54, 1.807) is 26.2 Å². The first-order valence-electron chi connectivity index (χ1n) is 8.11. The van der Waals surface area contributed by atoms with Gasteiger partial charge in [-0.05, 0) is 18.6 Å². The Morgan fingerprint density at radius 3 is 2.20 bits per heavy atom. The molecule has 2 aromatic carbocycles. The molecule has 0 saturated carbocycles. The largest absolute Gasteiger partial charge is 0.493 e. The first kappa shape index (κ1) is 18.6. The maximum atomic E-state index is 12.4. The normalized spacial score (nSPS) is 11.5. The molecule has 0 aliphatic carbocycles. The molecule has 134 valence electrons. The van der Waals surface area contributed by atoms with Gasteiger partial charge in [-0.3, -0.25) is 4.79 Å². The maximum absolute atomic E-state index is 12.4. The fraction of sp³-hybridized carbons (Fsp3) is 0.350. The predicted octanol–water partition coefficient (Wildman–Crippen LogP) is 3.60. The van der Waals surface area contributed by atoms with Crippen molar-refractivity contribution in [2.45, 2.75) is 19.3 Å². The molecule has 1 unspecified atom stereocenters. The Balaban J connectivity index is 2.08. The topological polar surface area (TPSA) is 54.0 Å². The van der Waals surface area contributed by atoms with E-state index in [0.29, 0.717) is 35.8 Å². The van der Waals surface area contributed by atoms with Gasteiger partial charge in [0.2, 0.25) is 5.75 Å². The van der Waals surface area contributed by atoms with Gasteiger partial charge in [0, 0.05) is 12.0 Å². The molecule has 0 aromatic heterocycles. The van der Waals surface area contributed by atoms with E-state index in [2.05, 4.69) is 0 Å². The zero-order valence-corrected chi connectivity index (χ0v) is 15.1. The van der Waals surface area contributed by atoms with Crippen molar-refractivity contribution in [3.8, 4) is 17.2 Å². The minimum Gasteiger partial charge on any atom is -0.493 e. The minimum atomic E-state index is -0.481. The average Bonchev–Trinajstić information content (AvgIpc) is 2.66. The van der Waals surface area contributed by atoms with Crippen molar-refractivity contribution in [2.24, 2.45) is 0 Å². The molecule has 2 rings (SSSR count). The lowest BCUT2D eigenvalue weighted by Crippen LogP contribution is -2.16. The summed E-state index contributed by atoms with van der Waals surface area (Å²) in [6, 6.07) is 13.5. The molecule has 0 aliphatic heterocycles. The Hall–Kier alpha value is -2.69. The number of carbonyl (C=O) groups is 1. The van der Waals surface area contributed by atoms with E-state index in [0.717, 1.165) is 5.56 Å². The Morgan fingerprint density at radius 2 is 1.60 bits per heavy atom. The summed E-state index contributed by atoms with van der Waals surface area (Å²) in [4.78, 5) is 12.4. The van der Waals surface area contributed by atoms with E-state index in [4.69, 9.17) is 18.9 Å². The summed E-state index contributed by atoms with van der Waals surface area (Å²) in [5, 5.41) is 0. The minimum absolute atomic E-state index is 0.304. The van der Waals surface area contributed by atoms with Gasteiger partial charge in [-0.15, -0.1) is 0 Å². The molecule has 25 heavy (non-hydrogen) atoms. The molecule has 0 amide bonds. The maximum Gasteiger partial charge on any atom is 0.313 e. The summed E-state index contributed by atoms with van der Waals surface area (Å²) in [5.74, 6) is 0.709. The zero-order chi connectivity index (χ0) is 18.2. The molecule has 2 aromatic rings. The van der Waals surface area contributed by atoms with Crippen LogP contribution in [0.2, 0.25) is 0 Å². The van der Waals surface area contributed by atoms with Gasteiger partial charge in [-0.25, -0.2) is 0 Å². The Labute approximate surface area is 148 Å². The van der Waals surface area contributed by atoms with Gasteiger partial charge in [0.15, 0.2) is 11.5 Å². The number of ether oxygens (including phenoxy) is 4. The molecule has 0 aliphatic rings. The smallest absolute Gasteiger partial charge is 0.313 e. The van der Waals surface area contributed by atoms with Gasteiger partial charge in [0.05, 0.1) is 33.9 Å². The van der Waals surface area contributed by atoms with E-state index in [1.165, 1.54) is 14.2 Å². The fourth-order valence-corrected chi connectivity index (χ4v) is 2.63. The summed E-state index contributed by atoms with van der Waals surface area (Å²) in [7, 11) is 4.62. The molecule has 0 bridgehead atoms. The van der Waals surface area contributed by atoms with Crippen molar-refractivity contribution < 1.29 is 23.7 Å². The van der Waals surface area contributed by atoms with Gasteiger partial charge >= 0.3 is 5.97 Å². The highest BCUT2D eigenvalue weighted by molar-refractivity contribution is 5.79. The van der Waals surface area contributed by atoms with E-state index in [-0.39, 0.29) is 5.97 Å². The van der Waals surface area contributed by atoms with Crippen LogP contribution in [0.1, 0.15) is 24.0 Å². The quantitative estimate of drug-likeness (QED) is 0.685. The van der Waals surface area contributed by atoms with Crippen LogP contribution in [0, 0.1) is 0 Å². The highest BCUT2D eigenvalue weighted by Gasteiger charge is 2.25. The van der Waals surface area contributed by atoms with Gasteiger partial charge in [0.25, 0.3) is 0 Å². The van der Waals surface area contributed by atoms with Crippen molar-refractivity contribution in [1.82, 2.24) is 0 Å². The summed E-state index contributed by atoms with van der Waals surface area (Å²) in [6.45, 7) is 2.12. The van der Waals surface area contributed by atoms with Gasteiger partial charge in [0.1, 0.15) is 0 Å². The van der Waals surface area contributed by atoms with Crippen LogP contribution in [0.5, 0.6) is 17.2 Å². The molecular weight excluding hydrogens is 320 g/mol. The first-order valence-corrected chi connectivity index (χ1v) is 8.11. The molecule has 0 fully saturated rings. The summed E-state index contributed by atoms with van der Waals surface area (Å²) in [6.07, 6.45) is 0.683. The highest BCUT2D eigenvalue weighted by atomic mass is 16.5. The van der Waals surface area contributed by atoms with Crippen LogP contribution in [-0.2, 0) is 16.0 Å². The van der Waals surface area contributed by atoms with Crippen LogP contribution in [0.3, 0.4) is 0 Å². The van der Waals surface area contributed by atoms with Gasteiger partial charge in [-0.1, -0.05) is 36.4 Å². The third-order valence-corrected chi connectivity index (χ3v) is 4.03. The number of hydrogen-bond acceptors (Lipinski definition) is 5. The number of benzene rings is 2. The van der Waals surface area contributed by atoms with Crippen molar-refractivity contribution in [3.63, 3.8) is 0 Å². The van der Waals surface area contributed by atoms with Crippen LogP contribution >= 0.6 is 0 Å². The third-order valence-electron chi connectivity index (χ3n) is 4.03. The van der Waals surface area contributed by atoms with E-state index < -0.39 is 5.92 Å². The van der Waals surface area contributed by atoms with E-state index in [9.17, 15) is 4.79 Å². The highest BCUT2D eigenvalue weighted by Crippen LogP contribution is 2.42. The van der Waals surface area contributed by atoms with Crippen LogP contribution in [-0.4, -0.2) is 33.9 Å². The zero-order valence-electron chi connectivity index (χ0n) is 15.1. The lowest BCUT2D eigenvalue weighted by atomic mass is 9.99. The average molecular weight is 344 g/mol. The Morgan fingerprint density at radius 1 is 0.920 bits per heavy atom. The summed E-state index contributed by atoms with van der Waals surface area (Å²) in [5.41, 5.74) is 1.83. The van der Waals surface area contributed by atoms with Crippen molar-refractivity contribution in [2.75, 3.05) is 27.9 Å². The van der Waals surface area contributed by atoms with Crippen molar-refractivity contribution >= 4 is 5.97 Å². The van der Waals surface area contributed by atoms with Gasteiger partial charge in [-0.2, -0.15) is 0 Å². The van der Waals surface area contributed by atoms with Crippen LogP contribution in [0.4, 0.5) is 0 Å². The molecule has 0 saturated heterocycles. The first-order chi connectivity index (χ1) is 12.1. The molecular formula is C20H24O5. The lowest BCUT2D eigenvalue weighted by Gasteiger charge is -2.19. The SMILES string of the molecule is COc1ccc(C(C)C(=O)OCCc2ccccc2)c(OC)c1OC. The van der Waals surface area contributed by atoms with Crippen LogP contribution in [0.25, 0.3) is 0 Å². The number of hydrogen-bond donors (Lipinski definition) is 0. The monoisotopic (exact) mass is 344 g/mol. The number of rotatable bonds is 8. The molecule has 5 nitrogen and oxygen atoms in total. The predicted molar refractivity (Wildman–Crippen MR) is 95.6 cm³/mol. The third kappa shape index (κ3) is 4.44. The van der Waals surface area contributed by atoms with Crippen molar-refractivity contribution in [3.05, 3.63) is 53.6 Å². The van der Waals surface area contributed by atoms with Crippen LogP contribution < -0.4 is 14.2 Å². The second kappa shape index (κ2) is 8.97. The molecule has 1 atom stereocenters. The molecule has 0 radical (unpaired) electrons. The van der Waals surface area contributed by atoms with Crippen molar-refractivity contribution in [1.29, 1.82) is 0 Å². The lowest BCUT2D eigenvalue weighted by molar-refractivity contribution is -0.145. The molecule has 0 heterocycles. The van der Waals surface area contributed by atoms with Crippen LogP contribution in [0.15, 0.2) is 42.5 Å².